The van der Waals surface area contributed by atoms with Crippen molar-refractivity contribution in [2.75, 3.05) is 9.80 Å². The van der Waals surface area contributed by atoms with Gasteiger partial charge in [0.05, 0.1) is 22.7 Å². The summed E-state index contributed by atoms with van der Waals surface area (Å²) in [7, 11) is 0. The van der Waals surface area contributed by atoms with Crippen molar-refractivity contribution in [2.24, 2.45) is 0 Å². The summed E-state index contributed by atoms with van der Waals surface area (Å²) in [5, 5.41) is 10.7. The van der Waals surface area contributed by atoms with Gasteiger partial charge < -0.3 is 23.1 Å². The van der Waals surface area contributed by atoms with Gasteiger partial charge in [0.1, 0.15) is 22.3 Å². The zero-order valence-corrected chi connectivity index (χ0v) is 44.7. The maximum Gasteiger partial charge on any atom is 0.159 e. The van der Waals surface area contributed by atoms with Gasteiger partial charge in [-0.15, -0.1) is 0 Å². The number of hydrogen-bond acceptors (Lipinski definition) is 5. The van der Waals surface area contributed by atoms with Crippen LogP contribution in [0, 0.1) is 13.8 Å². The van der Waals surface area contributed by atoms with E-state index >= 15 is 0 Å². The second-order valence-electron chi connectivity index (χ2n) is 22.9. The summed E-state index contributed by atoms with van der Waals surface area (Å²) in [5.41, 5.74) is 18.1. The minimum absolute atomic E-state index is 0.0522. The Labute approximate surface area is 448 Å². The number of aryl methyl sites for hydroxylation is 2. The molecule has 3 heterocycles. The van der Waals surface area contributed by atoms with Crippen LogP contribution < -0.4 is 9.80 Å². The van der Waals surface area contributed by atoms with Crippen LogP contribution in [-0.4, -0.2) is 0 Å². The molecule has 11 aromatic carbocycles. The van der Waals surface area contributed by atoms with Gasteiger partial charge in [0, 0.05) is 77.0 Å². The second-order valence-corrected chi connectivity index (χ2v) is 22.9. The van der Waals surface area contributed by atoms with Gasteiger partial charge in [-0.1, -0.05) is 211 Å². The SMILES string of the molecule is Cc1ccccc1N(c1cc2c(oc3cc(N(c4ccccc4C)c4cccc5c4oc4c(-c6ccc(C(C)(C)C)cc6)cccc45)c4ccccc4c32)c2ccccc12)c1cccc2c1oc1c(C(C)(C)C)cccc12. The molecule has 0 saturated heterocycles. The molecule has 5 heteroatoms. The van der Waals surface area contributed by atoms with Gasteiger partial charge in [-0.25, -0.2) is 0 Å². The maximum atomic E-state index is 7.33. The Hall–Kier alpha value is -9.06. The first kappa shape index (κ1) is 46.5. The van der Waals surface area contributed by atoms with E-state index in [4.69, 9.17) is 13.3 Å². The average molecular weight is 999 g/mol. The van der Waals surface area contributed by atoms with E-state index in [1.165, 1.54) is 11.1 Å². The number of rotatable bonds is 7. The quantitative estimate of drug-likeness (QED) is 0.159. The summed E-state index contributed by atoms with van der Waals surface area (Å²) in [6.07, 6.45) is 0. The molecule has 0 atom stereocenters. The van der Waals surface area contributed by atoms with Gasteiger partial charge in [-0.3, -0.25) is 0 Å². The number of hydrogen-bond donors (Lipinski definition) is 0. The smallest absolute Gasteiger partial charge is 0.159 e. The summed E-state index contributed by atoms with van der Waals surface area (Å²) < 4.78 is 21.7. The summed E-state index contributed by atoms with van der Waals surface area (Å²) in [6.45, 7) is 17.9. The highest BCUT2D eigenvalue weighted by molar-refractivity contribution is 6.28. The molecule has 0 spiro atoms. The van der Waals surface area contributed by atoms with Crippen molar-refractivity contribution in [3.05, 3.63) is 229 Å². The van der Waals surface area contributed by atoms with E-state index in [1.807, 2.05) is 0 Å². The van der Waals surface area contributed by atoms with Crippen molar-refractivity contribution >= 4 is 121 Å². The molecule has 0 bridgehead atoms. The number of benzene rings is 11. The molecular weight excluding hydrogens is 941 g/mol. The maximum absolute atomic E-state index is 7.33. The van der Waals surface area contributed by atoms with Crippen LogP contribution in [0.4, 0.5) is 34.1 Å². The second kappa shape index (κ2) is 17.2. The van der Waals surface area contributed by atoms with Gasteiger partial charge in [0.15, 0.2) is 11.2 Å². The van der Waals surface area contributed by atoms with Crippen LogP contribution in [0.2, 0.25) is 0 Å². The molecule has 3 aromatic heterocycles. The molecule has 5 nitrogen and oxygen atoms in total. The number of anilines is 6. The Morgan fingerprint density at radius 2 is 0.753 bits per heavy atom. The highest BCUT2D eigenvalue weighted by Crippen LogP contribution is 2.53. The highest BCUT2D eigenvalue weighted by atomic mass is 16.3. The molecule has 77 heavy (non-hydrogen) atoms. The van der Waals surface area contributed by atoms with Crippen LogP contribution >= 0.6 is 0 Å². The molecule has 374 valence electrons. The largest absolute Gasteiger partial charge is 0.455 e. The first-order valence-corrected chi connectivity index (χ1v) is 26.8. The van der Waals surface area contributed by atoms with Crippen LogP contribution in [0.15, 0.2) is 220 Å². The van der Waals surface area contributed by atoms with Crippen molar-refractivity contribution < 1.29 is 13.3 Å². The highest BCUT2D eigenvalue weighted by Gasteiger charge is 2.29. The molecule has 0 fully saturated rings. The molecule has 0 aliphatic heterocycles. The van der Waals surface area contributed by atoms with Crippen molar-refractivity contribution in [2.45, 2.75) is 66.2 Å². The molecule has 0 unspecified atom stereocenters. The van der Waals surface area contributed by atoms with Crippen molar-refractivity contribution in [1.29, 1.82) is 0 Å². The fourth-order valence-corrected chi connectivity index (χ4v) is 12.1. The minimum atomic E-state index is -0.114. The van der Waals surface area contributed by atoms with Gasteiger partial charge in [-0.2, -0.15) is 0 Å². The lowest BCUT2D eigenvalue weighted by atomic mass is 9.86. The molecular formula is C72H58N2O3. The number of para-hydroxylation sites is 6. The van der Waals surface area contributed by atoms with E-state index in [-0.39, 0.29) is 10.8 Å². The van der Waals surface area contributed by atoms with Crippen LogP contribution in [0.1, 0.15) is 63.8 Å². The first-order chi connectivity index (χ1) is 37.3. The summed E-state index contributed by atoms with van der Waals surface area (Å²) in [6, 6.07) is 74.5. The fourth-order valence-electron chi connectivity index (χ4n) is 12.1. The van der Waals surface area contributed by atoms with E-state index in [1.54, 1.807) is 0 Å². The molecule has 0 amide bonds. The van der Waals surface area contributed by atoms with E-state index in [9.17, 15) is 0 Å². The Bertz CT molecular complexity index is 4690. The molecule has 0 aliphatic rings. The first-order valence-electron chi connectivity index (χ1n) is 26.8. The third kappa shape index (κ3) is 7.28. The van der Waals surface area contributed by atoms with Gasteiger partial charge in [-0.05, 0) is 82.6 Å². The minimum Gasteiger partial charge on any atom is -0.455 e. The van der Waals surface area contributed by atoms with E-state index in [2.05, 4.69) is 271 Å². The van der Waals surface area contributed by atoms with Crippen LogP contribution in [0.25, 0.3) is 98.5 Å². The Morgan fingerprint density at radius 1 is 0.312 bits per heavy atom. The predicted molar refractivity (Wildman–Crippen MR) is 325 cm³/mol. The zero-order chi connectivity index (χ0) is 52.5. The van der Waals surface area contributed by atoms with Crippen LogP contribution in [0.3, 0.4) is 0 Å². The van der Waals surface area contributed by atoms with E-state index in [0.29, 0.717) is 0 Å². The monoisotopic (exact) mass is 998 g/mol. The molecule has 0 saturated carbocycles. The molecule has 14 aromatic rings. The Kier molecular flexibility index (Phi) is 10.4. The van der Waals surface area contributed by atoms with E-state index < -0.39 is 0 Å². The molecule has 0 aliphatic carbocycles. The van der Waals surface area contributed by atoms with Gasteiger partial charge in [0.2, 0.25) is 0 Å². The summed E-state index contributed by atoms with van der Waals surface area (Å²) >= 11 is 0. The van der Waals surface area contributed by atoms with Crippen LogP contribution in [0.5, 0.6) is 0 Å². The average Bonchev–Trinajstić information content (AvgIpc) is 4.16. The lowest BCUT2D eigenvalue weighted by molar-refractivity contribution is 0.573. The number of nitrogens with zero attached hydrogens (tertiary/aromatic N) is 2. The van der Waals surface area contributed by atoms with Crippen LogP contribution in [-0.2, 0) is 10.8 Å². The standard InChI is InChI=1S/C72H58N2O3/c1-43-21-9-15-33-58(43)73(61-36-20-31-55-53-29-18-32-57(72(6,7)8)68(53)77-70(55)61)62-41-56-65-50-25-13-11-23-48(50)63(42-64(65)75-67(56)51-26-14-12-24-49(51)62)74(59-34-16-10-22-44(59)2)60-35-19-30-54-52-28-17-27-47(66(52)76-69(54)60)45-37-39-46(40-38-45)71(3,4)5/h9-42H,1-8H3. The molecule has 14 rings (SSSR count). The third-order valence-electron chi connectivity index (χ3n) is 16.0. The fraction of sp³-hybridized carbons (Fsp3) is 0.139. The van der Waals surface area contributed by atoms with E-state index in [0.717, 1.165) is 144 Å². The van der Waals surface area contributed by atoms with Crippen molar-refractivity contribution in [3.8, 4) is 11.1 Å². The summed E-state index contributed by atoms with van der Waals surface area (Å²) in [5.74, 6) is 0. The topological polar surface area (TPSA) is 45.9 Å². The lowest BCUT2D eigenvalue weighted by Gasteiger charge is -2.28. The number of furan rings is 3. The van der Waals surface area contributed by atoms with Crippen molar-refractivity contribution in [1.82, 2.24) is 0 Å². The Morgan fingerprint density at radius 3 is 1.34 bits per heavy atom. The molecule has 0 radical (unpaired) electrons. The Balaban J connectivity index is 1.02. The zero-order valence-electron chi connectivity index (χ0n) is 44.7. The predicted octanol–water partition coefficient (Wildman–Crippen LogP) is 21.5. The summed E-state index contributed by atoms with van der Waals surface area (Å²) in [4.78, 5) is 4.80. The third-order valence-corrected chi connectivity index (χ3v) is 16.0. The molecule has 0 N–H and O–H groups in total. The lowest BCUT2D eigenvalue weighted by Crippen LogP contribution is -2.12. The van der Waals surface area contributed by atoms with Gasteiger partial charge in [0.25, 0.3) is 0 Å². The number of fused-ring (bicyclic) bond motifs is 13. The normalized spacial score (nSPS) is 12.4. The van der Waals surface area contributed by atoms with Gasteiger partial charge >= 0.3 is 0 Å². The van der Waals surface area contributed by atoms with Crippen molar-refractivity contribution in [3.63, 3.8) is 0 Å².